The van der Waals surface area contributed by atoms with Crippen molar-refractivity contribution in [2.75, 3.05) is 28.4 Å². The average Bonchev–Trinajstić information content (AvgIpc) is 3.19. The van der Waals surface area contributed by atoms with Crippen molar-refractivity contribution in [3.05, 3.63) is 167 Å². The molecule has 0 spiro atoms. The van der Waals surface area contributed by atoms with Crippen LogP contribution in [0.3, 0.4) is 0 Å². The van der Waals surface area contributed by atoms with Crippen LogP contribution in [0.5, 0.6) is 46.0 Å². The van der Waals surface area contributed by atoms with Crippen molar-refractivity contribution in [3.63, 3.8) is 0 Å². The predicted molar refractivity (Wildman–Crippen MR) is 207 cm³/mol. The van der Waals surface area contributed by atoms with Crippen LogP contribution in [0, 0.1) is 0 Å². The van der Waals surface area contributed by atoms with Crippen LogP contribution in [0.2, 0.25) is 0 Å². The molecule has 0 N–H and O–H groups in total. The largest absolute Gasteiger partial charge is 0.497 e. The number of hydrogen-bond acceptors (Lipinski definition) is 6. The molecule has 0 amide bonds. The molecule has 0 aliphatic rings. The summed E-state index contributed by atoms with van der Waals surface area (Å²) in [7, 11) is 6.72. The fraction of sp³-hybridized carbons (Fsp3) is 0.217. The Bertz CT molecular complexity index is 1920. The molecule has 0 aromatic heterocycles. The lowest BCUT2D eigenvalue weighted by atomic mass is 10.0. The molecular formula is C46H46O6. The van der Waals surface area contributed by atoms with Crippen LogP contribution in [-0.2, 0) is 38.5 Å². The van der Waals surface area contributed by atoms with E-state index in [1.165, 1.54) is 27.8 Å². The van der Waals surface area contributed by atoms with E-state index in [4.69, 9.17) is 28.4 Å². The van der Waals surface area contributed by atoms with Gasteiger partial charge in [0.2, 0.25) is 5.75 Å². The molecule has 6 heteroatoms. The molecule has 0 radical (unpaired) electrons. The topological polar surface area (TPSA) is 55.4 Å². The van der Waals surface area contributed by atoms with Crippen molar-refractivity contribution in [2.45, 2.75) is 38.5 Å². The summed E-state index contributed by atoms with van der Waals surface area (Å²) in [5, 5.41) is 0. The molecule has 0 atom stereocenters. The highest BCUT2D eigenvalue weighted by atomic mass is 16.5. The summed E-state index contributed by atoms with van der Waals surface area (Å²) in [4.78, 5) is 0. The van der Waals surface area contributed by atoms with E-state index < -0.39 is 0 Å². The maximum atomic E-state index is 6.61. The van der Waals surface area contributed by atoms with Crippen molar-refractivity contribution in [2.24, 2.45) is 0 Å². The molecule has 0 bridgehead atoms. The zero-order valence-electron chi connectivity index (χ0n) is 30.4. The zero-order chi connectivity index (χ0) is 36.1. The molecule has 266 valence electrons. The van der Waals surface area contributed by atoms with Gasteiger partial charge in [0.1, 0.15) is 28.7 Å². The third-order valence-corrected chi connectivity index (χ3v) is 9.10. The summed E-state index contributed by atoms with van der Waals surface area (Å²) in [6, 6.07) is 45.2. The molecule has 0 saturated heterocycles. The Kier molecular flexibility index (Phi) is 12.3. The fourth-order valence-electron chi connectivity index (χ4n) is 6.19. The van der Waals surface area contributed by atoms with Gasteiger partial charge in [0.05, 0.1) is 28.4 Å². The molecule has 0 aliphatic heterocycles. The Labute approximate surface area is 307 Å². The van der Waals surface area contributed by atoms with Crippen LogP contribution in [0.4, 0.5) is 0 Å². The first-order chi connectivity index (χ1) is 25.5. The van der Waals surface area contributed by atoms with E-state index in [9.17, 15) is 0 Å². The Morgan fingerprint density at radius 1 is 0.308 bits per heavy atom. The van der Waals surface area contributed by atoms with Gasteiger partial charge in [0, 0.05) is 0 Å². The highest BCUT2D eigenvalue weighted by Crippen LogP contribution is 2.43. The van der Waals surface area contributed by atoms with Crippen LogP contribution >= 0.6 is 0 Å². The van der Waals surface area contributed by atoms with Crippen molar-refractivity contribution in [1.29, 1.82) is 0 Å². The van der Waals surface area contributed by atoms with Gasteiger partial charge < -0.3 is 28.4 Å². The highest BCUT2D eigenvalue weighted by molar-refractivity contribution is 5.57. The maximum Gasteiger partial charge on any atom is 0.204 e. The van der Waals surface area contributed by atoms with Crippen molar-refractivity contribution in [1.82, 2.24) is 0 Å². The summed E-state index contributed by atoms with van der Waals surface area (Å²) < 4.78 is 35.3. The standard InChI is InChI=1S/C46H46O6/c1-47-39-24-20-33(21-25-39)14-16-36-9-6-12-42(29-36)51-44-31-38(19-18-35-8-5-11-41(28-35)49-3)32-45(46(44)50-4)52-43-13-7-10-37(30-43)17-15-34-22-26-40(48-2)27-23-34/h5-13,20-32H,14-19H2,1-4H3. The van der Waals surface area contributed by atoms with Gasteiger partial charge >= 0.3 is 0 Å². The number of benzene rings is 6. The molecule has 0 heterocycles. The lowest BCUT2D eigenvalue weighted by Gasteiger charge is -2.18. The van der Waals surface area contributed by atoms with E-state index in [1.54, 1.807) is 28.4 Å². The molecule has 0 aliphatic carbocycles. The monoisotopic (exact) mass is 694 g/mol. The first kappa shape index (κ1) is 35.9. The fourth-order valence-corrected chi connectivity index (χ4v) is 6.19. The second-order valence-corrected chi connectivity index (χ2v) is 12.7. The van der Waals surface area contributed by atoms with E-state index in [0.29, 0.717) is 17.2 Å². The third-order valence-electron chi connectivity index (χ3n) is 9.10. The van der Waals surface area contributed by atoms with Gasteiger partial charge in [0.25, 0.3) is 0 Å². The number of hydrogen-bond donors (Lipinski definition) is 0. The lowest BCUT2D eigenvalue weighted by molar-refractivity contribution is 0.352. The van der Waals surface area contributed by atoms with E-state index in [-0.39, 0.29) is 0 Å². The lowest BCUT2D eigenvalue weighted by Crippen LogP contribution is -1.99. The highest BCUT2D eigenvalue weighted by Gasteiger charge is 2.17. The van der Waals surface area contributed by atoms with Crippen molar-refractivity contribution < 1.29 is 28.4 Å². The molecule has 0 saturated carbocycles. The number of methoxy groups -OCH3 is 4. The SMILES string of the molecule is COc1ccc(CCc2cccc(Oc3cc(CCc4cccc(OC)c4)cc(Oc4cccc(CCc5ccc(OC)cc5)c4)c3OC)c2)cc1. The molecule has 6 aromatic carbocycles. The average molecular weight is 695 g/mol. The van der Waals surface area contributed by atoms with Gasteiger partial charge in [0.15, 0.2) is 11.5 Å². The minimum atomic E-state index is 0.539. The zero-order valence-corrected chi connectivity index (χ0v) is 30.4. The second-order valence-electron chi connectivity index (χ2n) is 12.7. The van der Waals surface area contributed by atoms with Crippen LogP contribution < -0.4 is 28.4 Å². The maximum absolute atomic E-state index is 6.61. The molecular weight excluding hydrogens is 649 g/mol. The summed E-state index contributed by atoms with van der Waals surface area (Å²) in [6.07, 6.45) is 5.17. The van der Waals surface area contributed by atoms with Crippen LogP contribution in [0.15, 0.2) is 133 Å². The van der Waals surface area contributed by atoms with E-state index in [1.807, 2.05) is 60.7 Å². The van der Waals surface area contributed by atoms with Gasteiger partial charge in [-0.25, -0.2) is 0 Å². The molecule has 0 fully saturated rings. The number of rotatable bonds is 17. The quantitative estimate of drug-likeness (QED) is 0.0947. The van der Waals surface area contributed by atoms with Gasteiger partial charge in [-0.05, 0) is 145 Å². The molecule has 6 aromatic rings. The van der Waals surface area contributed by atoms with Crippen LogP contribution in [-0.4, -0.2) is 28.4 Å². The van der Waals surface area contributed by atoms with Gasteiger partial charge in [-0.1, -0.05) is 60.7 Å². The second kappa shape index (κ2) is 17.9. The number of aryl methyl sites for hydroxylation is 6. The molecule has 6 nitrogen and oxygen atoms in total. The van der Waals surface area contributed by atoms with E-state index >= 15 is 0 Å². The van der Waals surface area contributed by atoms with E-state index in [0.717, 1.165) is 72.8 Å². The summed E-state index contributed by atoms with van der Waals surface area (Å²) in [5.74, 6) is 5.78. The van der Waals surface area contributed by atoms with E-state index in [2.05, 4.69) is 72.8 Å². The Morgan fingerprint density at radius 3 is 1.08 bits per heavy atom. The summed E-state index contributed by atoms with van der Waals surface area (Å²) >= 11 is 0. The van der Waals surface area contributed by atoms with Crippen molar-refractivity contribution in [3.8, 4) is 46.0 Å². The first-order valence-electron chi connectivity index (χ1n) is 17.6. The smallest absolute Gasteiger partial charge is 0.204 e. The van der Waals surface area contributed by atoms with Crippen LogP contribution in [0.1, 0.15) is 33.4 Å². The van der Waals surface area contributed by atoms with Crippen LogP contribution in [0.25, 0.3) is 0 Å². The summed E-state index contributed by atoms with van der Waals surface area (Å²) in [6.45, 7) is 0. The Morgan fingerprint density at radius 2 is 0.673 bits per heavy atom. The molecule has 52 heavy (non-hydrogen) atoms. The number of ether oxygens (including phenoxy) is 6. The first-order valence-corrected chi connectivity index (χ1v) is 17.6. The minimum absolute atomic E-state index is 0.539. The molecule has 0 unspecified atom stereocenters. The van der Waals surface area contributed by atoms with Crippen molar-refractivity contribution >= 4 is 0 Å². The predicted octanol–water partition coefficient (Wildman–Crippen LogP) is 10.7. The normalized spacial score (nSPS) is 10.8. The Balaban J connectivity index is 1.23. The Hall–Kier alpha value is -5.88. The minimum Gasteiger partial charge on any atom is -0.497 e. The summed E-state index contributed by atoms with van der Waals surface area (Å²) in [5.41, 5.74) is 7.14. The third kappa shape index (κ3) is 9.88. The van der Waals surface area contributed by atoms with Gasteiger partial charge in [-0.15, -0.1) is 0 Å². The molecule has 6 rings (SSSR count). The van der Waals surface area contributed by atoms with Gasteiger partial charge in [-0.2, -0.15) is 0 Å². The van der Waals surface area contributed by atoms with Gasteiger partial charge in [-0.3, -0.25) is 0 Å².